The van der Waals surface area contributed by atoms with E-state index in [9.17, 15) is 0 Å². The van der Waals surface area contributed by atoms with E-state index in [1.54, 1.807) is 0 Å². The Bertz CT molecular complexity index is 673. The lowest BCUT2D eigenvalue weighted by Gasteiger charge is -2.17. The molecular weight excluding hydrogens is 280 g/mol. The minimum absolute atomic E-state index is 0.521. The molecule has 0 saturated heterocycles. The van der Waals surface area contributed by atoms with Crippen molar-refractivity contribution in [3.8, 4) is 5.75 Å². The zero-order valence-corrected chi connectivity index (χ0v) is 13.7. The van der Waals surface area contributed by atoms with Crippen molar-refractivity contribution in [3.63, 3.8) is 0 Å². The SMILES string of the molecule is CCOc1cccc2c1[nH]c(=S)n2C1CCCC(C)CC1. The maximum absolute atomic E-state index is 5.73. The second-order valence-corrected chi connectivity index (χ2v) is 6.54. The van der Waals surface area contributed by atoms with Crippen molar-refractivity contribution in [3.05, 3.63) is 23.0 Å². The van der Waals surface area contributed by atoms with Crippen LogP contribution in [0.4, 0.5) is 0 Å². The zero-order valence-electron chi connectivity index (χ0n) is 12.9. The van der Waals surface area contributed by atoms with E-state index in [2.05, 4.69) is 28.6 Å². The Kier molecular flexibility index (Phi) is 4.34. The van der Waals surface area contributed by atoms with Gasteiger partial charge in [0.05, 0.1) is 12.1 Å². The van der Waals surface area contributed by atoms with E-state index >= 15 is 0 Å². The standard InChI is InChI=1S/C17H24N2OS/c1-3-20-15-9-5-8-14-16(15)18-17(21)19(14)13-7-4-6-12(2)10-11-13/h5,8-9,12-13H,3-4,6-7,10-11H2,1-2H3,(H,18,21). The smallest absolute Gasteiger partial charge is 0.178 e. The van der Waals surface area contributed by atoms with E-state index in [0.717, 1.165) is 22.0 Å². The molecule has 1 heterocycles. The summed E-state index contributed by atoms with van der Waals surface area (Å²) in [4.78, 5) is 3.36. The number of para-hydroxylation sites is 1. The van der Waals surface area contributed by atoms with E-state index < -0.39 is 0 Å². The van der Waals surface area contributed by atoms with Crippen molar-refractivity contribution in [2.75, 3.05) is 6.61 Å². The molecule has 2 atom stereocenters. The Hall–Kier alpha value is -1.29. The molecule has 0 aliphatic heterocycles. The maximum atomic E-state index is 5.73. The van der Waals surface area contributed by atoms with Gasteiger partial charge in [0.15, 0.2) is 4.77 Å². The molecule has 1 fully saturated rings. The minimum Gasteiger partial charge on any atom is -0.492 e. The number of nitrogens with one attached hydrogen (secondary N) is 1. The monoisotopic (exact) mass is 304 g/mol. The van der Waals surface area contributed by atoms with Crippen LogP contribution in [0.15, 0.2) is 18.2 Å². The van der Waals surface area contributed by atoms with Gasteiger partial charge >= 0.3 is 0 Å². The van der Waals surface area contributed by atoms with E-state index in [1.807, 2.05) is 13.0 Å². The first kappa shape index (κ1) is 14.6. The number of nitrogens with zero attached hydrogens (tertiary/aromatic N) is 1. The predicted molar refractivity (Wildman–Crippen MR) is 89.6 cm³/mol. The van der Waals surface area contributed by atoms with E-state index in [4.69, 9.17) is 17.0 Å². The van der Waals surface area contributed by atoms with Crippen LogP contribution >= 0.6 is 12.2 Å². The van der Waals surface area contributed by atoms with Gasteiger partial charge in [0.2, 0.25) is 0 Å². The largest absolute Gasteiger partial charge is 0.492 e. The zero-order chi connectivity index (χ0) is 14.8. The van der Waals surface area contributed by atoms with Crippen LogP contribution in [0.3, 0.4) is 0 Å². The molecule has 3 rings (SSSR count). The summed E-state index contributed by atoms with van der Waals surface area (Å²) >= 11 is 5.60. The average molecular weight is 304 g/mol. The van der Waals surface area contributed by atoms with Crippen molar-refractivity contribution in [1.29, 1.82) is 0 Å². The molecule has 3 nitrogen and oxygen atoms in total. The summed E-state index contributed by atoms with van der Waals surface area (Å²) in [5, 5.41) is 0. The fraction of sp³-hybridized carbons (Fsp3) is 0.588. The molecule has 0 radical (unpaired) electrons. The Morgan fingerprint density at radius 2 is 2.14 bits per heavy atom. The fourth-order valence-corrected chi connectivity index (χ4v) is 3.84. The topological polar surface area (TPSA) is 29.9 Å². The summed E-state index contributed by atoms with van der Waals surface area (Å²) in [6.45, 7) is 5.05. The third-order valence-electron chi connectivity index (χ3n) is 4.61. The molecule has 1 aromatic heterocycles. The third-order valence-corrected chi connectivity index (χ3v) is 4.91. The summed E-state index contributed by atoms with van der Waals surface area (Å²) in [6, 6.07) is 6.74. The van der Waals surface area contributed by atoms with Crippen molar-refractivity contribution < 1.29 is 4.74 Å². The number of imidazole rings is 1. The van der Waals surface area contributed by atoms with Crippen LogP contribution in [-0.2, 0) is 0 Å². The Morgan fingerprint density at radius 1 is 1.29 bits per heavy atom. The first-order valence-corrected chi connectivity index (χ1v) is 8.47. The summed E-state index contributed by atoms with van der Waals surface area (Å²) in [5.41, 5.74) is 2.23. The number of H-pyrrole nitrogens is 1. The van der Waals surface area contributed by atoms with Gasteiger partial charge in [-0.05, 0) is 56.5 Å². The first-order chi connectivity index (χ1) is 10.2. The van der Waals surface area contributed by atoms with Crippen LogP contribution in [-0.4, -0.2) is 16.2 Å². The van der Waals surface area contributed by atoms with Crippen LogP contribution in [0.25, 0.3) is 11.0 Å². The third kappa shape index (κ3) is 2.86. The van der Waals surface area contributed by atoms with Crippen molar-refractivity contribution in [2.24, 2.45) is 5.92 Å². The highest BCUT2D eigenvalue weighted by Crippen LogP contribution is 2.34. The number of ether oxygens (including phenoxy) is 1. The molecule has 0 amide bonds. The lowest BCUT2D eigenvalue weighted by molar-refractivity contribution is 0.343. The summed E-state index contributed by atoms with van der Waals surface area (Å²) in [6.07, 6.45) is 6.39. The average Bonchev–Trinajstić information content (AvgIpc) is 2.65. The van der Waals surface area contributed by atoms with Crippen LogP contribution in [0.1, 0.15) is 52.0 Å². The van der Waals surface area contributed by atoms with Gasteiger partial charge in [-0.25, -0.2) is 0 Å². The normalized spacial score (nSPS) is 23.1. The maximum Gasteiger partial charge on any atom is 0.178 e. The van der Waals surface area contributed by atoms with Gasteiger partial charge in [-0.1, -0.05) is 25.8 Å². The van der Waals surface area contributed by atoms with E-state index in [1.165, 1.54) is 37.6 Å². The van der Waals surface area contributed by atoms with Gasteiger partial charge in [0.25, 0.3) is 0 Å². The predicted octanol–water partition coefficient (Wildman–Crippen LogP) is 5.24. The van der Waals surface area contributed by atoms with E-state index in [-0.39, 0.29) is 0 Å². The lowest BCUT2D eigenvalue weighted by Crippen LogP contribution is -2.08. The highest BCUT2D eigenvalue weighted by atomic mass is 32.1. The molecule has 1 aliphatic carbocycles. The van der Waals surface area contributed by atoms with Crippen LogP contribution in [0.2, 0.25) is 0 Å². The summed E-state index contributed by atoms with van der Waals surface area (Å²) < 4.78 is 8.88. The number of fused-ring (bicyclic) bond motifs is 1. The minimum atomic E-state index is 0.521. The molecule has 1 N–H and O–H groups in total. The molecule has 2 unspecified atom stereocenters. The van der Waals surface area contributed by atoms with Gasteiger partial charge in [-0.15, -0.1) is 0 Å². The molecule has 1 saturated carbocycles. The molecule has 1 aromatic carbocycles. The van der Waals surface area contributed by atoms with Gasteiger partial charge < -0.3 is 14.3 Å². The van der Waals surface area contributed by atoms with Crippen molar-refractivity contribution in [2.45, 2.75) is 52.0 Å². The second-order valence-electron chi connectivity index (χ2n) is 6.15. The quantitative estimate of drug-likeness (QED) is 0.621. The lowest BCUT2D eigenvalue weighted by atomic mass is 10.0. The molecule has 114 valence electrons. The Labute approximate surface area is 131 Å². The summed E-state index contributed by atoms with van der Waals surface area (Å²) in [5.74, 6) is 1.75. The molecular formula is C17H24N2OS. The number of hydrogen-bond donors (Lipinski definition) is 1. The van der Waals surface area contributed by atoms with Crippen LogP contribution in [0.5, 0.6) is 5.75 Å². The molecule has 21 heavy (non-hydrogen) atoms. The number of hydrogen-bond acceptors (Lipinski definition) is 2. The molecule has 1 aliphatic rings. The van der Waals surface area contributed by atoms with Crippen LogP contribution < -0.4 is 4.74 Å². The van der Waals surface area contributed by atoms with Crippen molar-refractivity contribution >= 4 is 23.3 Å². The van der Waals surface area contributed by atoms with Gasteiger partial charge in [-0.2, -0.15) is 0 Å². The number of rotatable bonds is 3. The number of benzene rings is 1. The Morgan fingerprint density at radius 3 is 2.95 bits per heavy atom. The van der Waals surface area contributed by atoms with Gasteiger partial charge in [0, 0.05) is 6.04 Å². The van der Waals surface area contributed by atoms with Crippen LogP contribution in [0, 0.1) is 10.7 Å². The second kappa shape index (κ2) is 6.22. The number of aromatic nitrogens is 2. The molecule has 2 aromatic rings. The Balaban J connectivity index is 2.04. The first-order valence-electron chi connectivity index (χ1n) is 8.06. The van der Waals surface area contributed by atoms with E-state index in [0.29, 0.717) is 12.6 Å². The van der Waals surface area contributed by atoms with Gasteiger partial charge in [-0.3, -0.25) is 0 Å². The summed E-state index contributed by atoms with van der Waals surface area (Å²) in [7, 11) is 0. The van der Waals surface area contributed by atoms with Gasteiger partial charge in [0.1, 0.15) is 11.3 Å². The highest BCUT2D eigenvalue weighted by molar-refractivity contribution is 7.71. The molecule has 0 spiro atoms. The van der Waals surface area contributed by atoms with Crippen molar-refractivity contribution in [1.82, 2.24) is 9.55 Å². The molecule has 0 bridgehead atoms. The molecule has 4 heteroatoms. The fourth-order valence-electron chi connectivity index (χ4n) is 3.49. The highest BCUT2D eigenvalue weighted by Gasteiger charge is 2.21. The number of aromatic amines is 1.